The molecule has 20 heavy (non-hydrogen) atoms. The third-order valence-corrected chi connectivity index (χ3v) is 3.97. The number of aliphatic hydroxyl groups excluding tert-OH is 1. The first-order valence-corrected chi connectivity index (χ1v) is 7.08. The van der Waals surface area contributed by atoms with Gasteiger partial charge in [-0.2, -0.15) is 0 Å². The molecule has 1 aromatic heterocycles. The smallest absolute Gasteiger partial charge is 0.343 e. The summed E-state index contributed by atoms with van der Waals surface area (Å²) in [7, 11) is 1.56. The van der Waals surface area contributed by atoms with Gasteiger partial charge in [-0.05, 0) is 37.7 Å². The number of hydrogen-bond donors (Lipinski definition) is 2. The maximum absolute atomic E-state index is 11.6. The van der Waals surface area contributed by atoms with E-state index < -0.39 is 6.10 Å². The summed E-state index contributed by atoms with van der Waals surface area (Å²) in [5, 5.41) is 16.9. The summed E-state index contributed by atoms with van der Waals surface area (Å²) in [6.07, 6.45) is -0.672. The second-order valence-electron chi connectivity index (χ2n) is 4.21. The fraction of sp³-hybridized carbons (Fsp3) is 0.385. The van der Waals surface area contributed by atoms with Crippen molar-refractivity contribution in [3.8, 4) is 5.75 Å². The molecule has 0 spiro atoms. The van der Waals surface area contributed by atoms with Crippen LogP contribution in [-0.4, -0.2) is 27.0 Å². The maximum atomic E-state index is 11.6. The van der Waals surface area contributed by atoms with Gasteiger partial charge < -0.3 is 9.84 Å². The van der Waals surface area contributed by atoms with Gasteiger partial charge in [-0.1, -0.05) is 6.07 Å². The van der Waals surface area contributed by atoms with Gasteiger partial charge in [0.05, 0.1) is 13.2 Å². The Morgan fingerprint density at radius 2 is 2.30 bits per heavy atom. The van der Waals surface area contributed by atoms with E-state index in [9.17, 15) is 9.90 Å². The first-order valence-electron chi connectivity index (χ1n) is 6.26. The average Bonchev–Trinajstić information content (AvgIpc) is 2.78. The lowest BCUT2D eigenvalue weighted by Gasteiger charge is -2.15. The summed E-state index contributed by atoms with van der Waals surface area (Å²) in [6, 6.07) is 5.51. The lowest BCUT2D eigenvalue weighted by atomic mass is 10.1. The number of aliphatic hydroxyl groups is 1. The van der Waals surface area contributed by atoms with Gasteiger partial charge in [0.1, 0.15) is 5.75 Å². The van der Waals surface area contributed by atoms with Crippen LogP contribution < -0.4 is 10.4 Å². The number of benzene rings is 1. The maximum Gasteiger partial charge on any atom is 0.343 e. The van der Waals surface area contributed by atoms with Crippen LogP contribution in [0.3, 0.4) is 0 Å². The van der Waals surface area contributed by atoms with E-state index in [1.807, 2.05) is 19.1 Å². The molecule has 0 radical (unpaired) electrons. The Kier molecular flexibility index (Phi) is 4.51. The van der Waals surface area contributed by atoms with Gasteiger partial charge >= 0.3 is 5.69 Å². The first-order chi connectivity index (χ1) is 9.58. The molecule has 1 heterocycles. The fourth-order valence-corrected chi connectivity index (χ4v) is 3.10. The van der Waals surface area contributed by atoms with Gasteiger partial charge in [0.15, 0.2) is 5.16 Å². The molecule has 7 heteroatoms. The molecule has 0 saturated heterocycles. The fourth-order valence-electron chi connectivity index (χ4n) is 1.96. The van der Waals surface area contributed by atoms with E-state index >= 15 is 0 Å². The third kappa shape index (κ3) is 2.73. The Morgan fingerprint density at radius 3 is 2.90 bits per heavy atom. The van der Waals surface area contributed by atoms with Crippen LogP contribution in [0.4, 0.5) is 0 Å². The van der Waals surface area contributed by atoms with Crippen molar-refractivity contribution in [1.82, 2.24) is 14.8 Å². The van der Waals surface area contributed by atoms with Crippen LogP contribution in [0.25, 0.3) is 0 Å². The Balaban J connectivity index is 2.45. The second-order valence-corrected chi connectivity index (χ2v) is 5.21. The molecule has 0 unspecified atom stereocenters. The van der Waals surface area contributed by atoms with Crippen molar-refractivity contribution >= 4 is 11.8 Å². The highest BCUT2D eigenvalue weighted by molar-refractivity contribution is 7.99. The van der Waals surface area contributed by atoms with Crippen LogP contribution in [0, 0.1) is 0 Å². The van der Waals surface area contributed by atoms with Gasteiger partial charge in [-0.15, -0.1) is 5.10 Å². The Hall–Kier alpha value is -1.73. The first kappa shape index (κ1) is 14.7. The van der Waals surface area contributed by atoms with E-state index in [1.165, 1.54) is 16.3 Å². The number of hydrogen-bond acceptors (Lipinski definition) is 5. The Bertz CT molecular complexity index is 649. The number of methoxy groups -OCH3 is 1. The van der Waals surface area contributed by atoms with Crippen molar-refractivity contribution in [2.45, 2.75) is 36.5 Å². The minimum atomic E-state index is -0.672. The normalized spacial score (nSPS) is 12.4. The standard InChI is InChI=1S/C13H17N3O3S/c1-4-16-12(18)14-15-13(16)20-10-7-5-6-9(19-3)11(10)8(2)17/h5-8,17H,4H2,1-3H3,(H,14,18)/t8-/m0/s1. The number of nitrogens with zero attached hydrogens (tertiary/aromatic N) is 2. The summed E-state index contributed by atoms with van der Waals surface area (Å²) in [5.41, 5.74) is 0.453. The predicted molar refractivity (Wildman–Crippen MR) is 76.3 cm³/mol. The predicted octanol–water partition coefficient (Wildman–Crippen LogP) is 1.80. The minimum Gasteiger partial charge on any atom is -0.496 e. The minimum absolute atomic E-state index is 0.239. The van der Waals surface area contributed by atoms with Crippen LogP contribution in [0.5, 0.6) is 5.75 Å². The highest BCUT2D eigenvalue weighted by atomic mass is 32.2. The molecule has 2 aromatic rings. The molecule has 0 aliphatic carbocycles. The monoisotopic (exact) mass is 295 g/mol. The van der Waals surface area contributed by atoms with E-state index in [4.69, 9.17) is 4.74 Å². The summed E-state index contributed by atoms with van der Waals surface area (Å²) in [6.45, 7) is 4.09. The van der Waals surface area contributed by atoms with Crippen molar-refractivity contribution in [3.05, 3.63) is 34.2 Å². The topological polar surface area (TPSA) is 80.1 Å². The van der Waals surface area contributed by atoms with Crippen molar-refractivity contribution in [2.75, 3.05) is 7.11 Å². The lowest BCUT2D eigenvalue weighted by molar-refractivity contribution is 0.191. The molecule has 0 saturated carbocycles. The largest absolute Gasteiger partial charge is 0.496 e. The van der Waals surface area contributed by atoms with Crippen molar-refractivity contribution in [1.29, 1.82) is 0 Å². The zero-order valence-corrected chi connectivity index (χ0v) is 12.4. The second kappa shape index (κ2) is 6.15. The van der Waals surface area contributed by atoms with Gasteiger partial charge in [-0.25, -0.2) is 9.89 Å². The van der Waals surface area contributed by atoms with E-state index in [2.05, 4.69) is 10.2 Å². The van der Waals surface area contributed by atoms with Gasteiger partial charge in [0.25, 0.3) is 0 Å². The number of H-pyrrole nitrogens is 1. The number of rotatable bonds is 5. The number of nitrogens with one attached hydrogen (secondary N) is 1. The molecule has 2 N–H and O–H groups in total. The molecule has 1 aromatic carbocycles. The third-order valence-electron chi connectivity index (χ3n) is 2.90. The number of aromatic amines is 1. The van der Waals surface area contributed by atoms with Crippen molar-refractivity contribution in [2.24, 2.45) is 0 Å². The molecule has 0 bridgehead atoms. The molecule has 0 aliphatic heterocycles. The van der Waals surface area contributed by atoms with E-state index in [1.54, 1.807) is 20.1 Å². The summed E-state index contributed by atoms with van der Waals surface area (Å²) in [5.74, 6) is 0.617. The van der Waals surface area contributed by atoms with Gasteiger partial charge in [0, 0.05) is 17.0 Å². The Morgan fingerprint density at radius 1 is 1.55 bits per heavy atom. The highest BCUT2D eigenvalue weighted by Crippen LogP contribution is 2.37. The molecule has 108 valence electrons. The van der Waals surface area contributed by atoms with Gasteiger partial charge in [0.2, 0.25) is 0 Å². The molecular weight excluding hydrogens is 278 g/mol. The van der Waals surface area contributed by atoms with Crippen LogP contribution in [0.2, 0.25) is 0 Å². The zero-order chi connectivity index (χ0) is 14.7. The van der Waals surface area contributed by atoms with E-state index in [-0.39, 0.29) is 5.69 Å². The quantitative estimate of drug-likeness (QED) is 0.879. The zero-order valence-electron chi connectivity index (χ0n) is 11.6. The molecule has 1 atom stereocenters. The van der Waals surface area contributed by atoms with Crippen LogP contribution in [-0.2, 0) is 6.54 Å². The molecule has 6 nitrogen and oxygen atoms in total. The van der Waals surface area contributed by atoms with E-state index in [0.29, 0.717) is 23.0 Å². The SMILES string of the molecule is CCn1c(Sc2cccc(OC)c2[C@H](C)O)n[nH]c1=O. The van der Waals surface area contributed by atoms with Gasteiger partial charge in [-0.3, -0.25) is 4.57 Å². The van der Waals surface area contributed by atoms with Crippen LogP contribution >= 0.6 is 11.8 Å². The molecular formula is C13H17N3O3S. The van der Waals surface area contributed by atoms with Crippen LogP contribution in [0.1, 0.15) is 25.5 Å². The summed E-state index contributed by atoms with van der Waals surface area (Å²) >= 11 is 1.32. The average molecular weight is 295 g/mol. The lowest BCUT2D eigenvalue weighted by Crippen LogP contribution is -2.16. The molecule has 2 rings (SSSR count). The van der Waals surface area contributed by atoms with Crippen molar-refractivity contribution in [3.63, 3.8) is 0 Å². The molecule has 0 amide bonds. The summed E-state index contributed by atoms with van der Waals surface area (Å²) < 4.78 is 6.81. The molecule has 0 aliphatic rings. The number of ether oxygens (including phenoxy) is 1. The van der Waals surface area contributed by atoms with E-state index in [0.717, 1.165) is 4.90 Å². The van der Waals surface area contributed by atoms with Crippen LogP contribution in [0.15, 0.2) is 33.0 Å². The highest BCUT2D eigenvalue weighted by Gasteiger charge is 2.17. The summed E-state index contributed by atoms with van der Waals surface area (Å²) in [4.78, 5) is 12.4. The Labute approximate surface area is 120 Å². The molecule has 0 fully saturated rings. The van der Waals surface area contributed by atoms with Crippen molar-refractivity contribution < 1.29 is 9.84 Å². The number of aromatic nitrogens is 3.